The zero-order chi connectivity index (χ0) is 31.3. The minimum atomic E-state index is -0.880. The van der Waals surface area contributed by atoms with Crippen LogP contribution in [0.15, 0.2) is 82.8 Å². The molecule has 0 heterocycles. The van der Waals surface area contributed by atoms with Crippen LogP contribution in [0.2, 0.25) is 19.8 Å². The molecule has 0 bridgehead atoms. The summed E-state index contributed by atoms with van der Waals surface area (Å²) in [5.41, 5.74) is 1.25. The fraction of sp³-hybridized carbons (Fsp3) is 0.250. The Labute approximate surface area is 267 Å². The molecule has 4 aromatic rings. The fourth-order valence-electron chi connectivity index (χ4n) is 3.47. The van der Waals surface area contributed by atoms with E-state index in [2.05, 4.69) is 29.7 Å². The normalized spacial score (nSPS) is 10.4. The number of phenolic OH excluding ortho intramolecular Hbond substituents is 2. The third-order valence-corrected chi connectivity index (χ3v) is 5.25. The third-order valence-electron chi connectivity index (χ3n) is 5.25. The second-order valence-corrected chi connectivity index (χ2v) is 14.5. The molecule has 0 spiro atoms. The molecule has 42 heavy (non-hydrogen) atoms. The molecule has 4 N–H and O–H groups in total. The van der Waals surface area contributed by atoms with Crippen molar-refractivity contribution in [3.05, 3.63) is 83.9 Å². The number of rotatable bonds is 8. The first-order valence-electron chi connectivity index (χ1n) is 13.2. The van der Waals surface area contributed by atoms with E-state index in [0.29, 0.717) is 11.1 Å². The first-order valence-corrected chi connectivity index (χ1v) is 24.6. The molecule has 4 radical (unpaired) electrons. The summed E-state index contributed by atoms with van der Waals surface area (Å²) >= 11 is 0.460. The quantitative estimate of drug-likeness (QED) is 0.120. The van der Waals surface area contributed by atoms with Crippen molar-refractivity contribution in [2.75, 3.05) is 13.1 Å². The Kier molecular flexibility index (Phi) is 18.9. The number of hydrogen-bond donors (Lipinski definition) is 4. The van der Waals surface area contributed by atoms with Crippen LogP contribution in [0.3, 0.4) is 0 Å². The summed E-state index contributed by atoms with van der Waals surface area (Å²) < 4.78 is 0. The predicted molar refractivity (Wildman–Crippen MR) is 176 cm³/mol. The monoisotopic (exact) mass is 786 g/mol. The molecule has 0 saturated carbocycles. The van der Waals surface area contributed by atoms with Crippen LogP contribution in [0.4, 0.5) is 0 Å². The van der Waals surface area contributed by atoms with Gasteiger partial charge in [-0.2, -0.15) is 0 Å². The summed E-state index contributed by atoms with van der Waals surface area (Å²) in [5.74, 6) is -1.47. The van der Waals surface area contributed by atoms with Crippen molar-refractivity contribution in [3.63, 3.8) is 0 Å². The average molecular weight is 784 g/mol. The maximum absolute atomic E-state index is 10.4. The Balaban J connectivity index is 0.000000354. The number of phenols is 2. The Morgan fingerprint density at radius 1 is 0.619 bits per heavy atom. The predicted octanol–water partition coefficient (Wildman–Crippen LogP) is 6.45. The Bertz CT molecular complexity index is 1360. The molecule has 4 rings (SSSR count). The molecule has 0 fully saturated rings. The van der Waals surface area contributed by atoms with Gasteiger partial charge in [0.15, 0.2) is 0 Å². The van der Waals surface area contributed by atoms with Crippen molar-refractivity contribution in [1.29, 1.82) is 0 Å². The van der Waals surface area contributed by atoms with Crippen LogP contribution in [-0.2, 0) is 9.59 Å². The molecule has 0 saturated heterocycles. The molecule has 4 aromatic carbocycles. The number of nitrogens with zero attached hydrogens (tertiary/aromatic N) is 2. The molecule has 0 aliphatic rings. The van der Waals surface area contributed by atoms with Gasteiger partial charge in [-0.05, 0) is 33.7 Å². The second kappa shape index (κ2) is 21.6. The summed E-state index contributed by atoms with van der Waals surface area (Å²) in [7, 11) is 0. The van der Waals surface area contributed by atoms with E-state index in [9.17, 15) is 19.8 Å². The van der Waals surface area contributed by atoms with Gasteiger partial charge in [-0.3, -0.25) is 19.6 Å². The van der Waals surface area contributed by atoms with Crippen LogP contribution < -0.4 is 0 Å². The fourth-order valence-corrected chi connectivity index (χ4v) is 3.47. The van der Waals surface area contributed by atoms with Gasteiger partial charge in [0.1, 0.15) is 11.5 Å². The van der Waals surface area contributed by atoms with E-state index < -0.39 is 11.9 Å². The van der Waals surface area contributed by atoms with Gasteiger partial charge in [-0.25, -0.2) is 0 Å². The van der Waals surface area contributed by atoms with Crippen molar-refractivity contribution in [3.8, 4) is 11.5 Å². The number of aromatic hydroxyl groups is 2. The maximum atomic E-state index is 10.4. The molecule has 10 heteroatoms. The van der Waals surface area contributed by atoms with Crippen LogP contribution in [0, 0.1) is 0 Å². The standard InChI is InChI=1S/2C14H13NO3.4CH3.2Sn/c2*16-13-6-5-10-3-1-2-4-11(10)12(13)9-15-8-7-14(17)18;;;;;;/h2*1-6,9,16H,7-8H2,(H,17,18);4*1H3;;. The zero-order valence-electron chi connectivity index (χ0n) is 24.4. The van der Waals surface area contributed by atoms with Crippen LogP contribution in [0.25, 0.3) is 21.5 Å². The minimum absolute atomic E-state index is 0.0119. The number of carboxylic acids is 2. The first kappa shape index (κ1) is 36.9. The van der Waals surface area contributed by atoms with Gasteiger partial charge in [-0.1, -0.05) is 60.7 Å². The molecular weight excluding hydrogens is 746 g/mol. The van der Waals surface area contributed by atoms with Crippen molar-refractivity contribution < 1.29 is 30.0 Å². The van der Waals surface area contributed by atoms with Gasteiger partial charge in [0.05, 0.1) is 12.8 Å². The SMILES string of the molecule is O=C(O)CCN=Cc1c(O)ccc2ccccc12.O=C(O)CCN=Cc1c(O)ccc2ccccc12.[CH3][Sn][CH3].[CH3][Sn][CH3]. The summed E-state index contributed by atoms with van der Waals surface area (Å²) in [4.78, 5) is 38.0. The van der Waals surface area contributed by atoms with Gasteiger partial charge < -0.3 is 20.4 Å². The number of aliphatic imine (C=N–C) groups is 2. The van der Waals surface area contributed by atoms with Crippen molar-refractivity contribution in [1.82, 2.24) is 0 Å². The van der Waals surface area contributed by atoms with Gasteiger partial charge >= 0.3 is 74.0 Å². The molecule has 0 unspecified atom stereocenters. The van der Waals surface area contributed by atoms with Gasteiger partial charge in [0.2, 0.25) is 0 Å². The molecular formula is C32H38N2O6Sn2. The van der Waals surface area contributed by atoms with Gasteiger partial charge in [0, 0.05) is 36.6 Å². The Morgan fingerprint density at radius 3 is 1.29 bits per heavy atom. The van der Waals surface area contributed by atoms with Crippen molar-refractivity contribution in [2.45, 2.75) is 32.6 Å². The van der Waals surface area contributed by atoms with E-state index in [1.54, 1.807) is 12.1 Å². The summed E-state index contributed by atoms with van der Waals surface area (Å²) in [5, 5.41) is 40.5. The van der Waals surface area contributed by atoms with E-state index >= 15 is 0 Å². The average Bonchev–Trinajstić information content (AvgIpc) is 2.96. The van der Waals surface area contributed by atoms with Crippen LogP contribution in [0.5, 0.6) is 11.5 Å². The summed E-state index contributed by atoms with van der Waals surface area (Å²) in [6.45, 7) is 0.413. The molecule has 8 nitrogen and oxygen atoms in total. The van der Waals surface area contributed by atoms with Gasteiger partial charge in [-0.15, -0.1) is 0 Å². The van der Waals surface area contributed by atoms with E-state index in [1.807, 2.05) is 60.7 Å². The Morgan fingerprint density at radius 2 is 0.952 bits per heavy atom. The van der Waals surface area contributed by atoms with E-state index in [0.717, 1.165) is 21.5 Å². The number of aliphatic carboxylic acids is 2. The molecule has 0 aliphatic carbocycles. The first-order chi connectivity index (χ1) is 20.2. The number of hydrogen-bond acceptors (Lipinski definition) is 6. The summed E-state index contributed by atoms with van der Waals surface area (Å²) in [6, 6.07) is 22.2. The number of carbonyl (C=O) groups is 2. The van der Waals surface area contributed by atoms with E-state index in [4.69, 9.17) is 10.2 Å². The molecule has 220 valence electrons. The van der Waals surface area contributed by atoms with Gasteiger partial charge in [0.25, 0.3) is 0 Å². The van der Waals surface area contributed by atoms with Crippen molar-refractivity contribution in [2.24, 2.45) is 9.98 Å². The third kappa shape index (κ3) is 13.7. The van der Waals surface area contributed by atoms with Crippen molar-refractivity contribution >= 4 is 88.2 Å². The molecule has 0 atom stereocenters. The second-order valence-electron chi connectivity index (χ2n) is 8.80. The van der Waals surface area contributed by atoms with E-state index in [1.165, 1.54) is 12.4 Å². The van der Waals surface area contributed by atoms with Crippen LogP contribution >= 0.6 is 0 Å². The number of carboxylic acid groups (broad SMARTS) is 2. The summed E-state index contributed by atoms with van der Waals surface area (Å²) in [6.07, 6.45) is 3.03. The zero-order valence-corrected chi connectivity index (χ0v) is 30.1. The van der Waals surface area contributed by atoms with E-state index in [-0.39, 0.29) is 79.7 Å². The van der Waals surface area contributed by atoms with Crippen LogP contribution in [0.1, 0.15) is 24.0 Å². The van der Waals surface area contributed by atoms with Crippen LogP contribution in [-0.4, -0.2) is 100 Å². The number of benzene rings is 4. The molecule has 0 amide bonds. The molecule has 0 aliphatic heterocycles. The molecule has 0 aromatic heterocycles. The Hall–Kier alpha value is -3.12. The topological polar surface area (TPSA) is 140 Å². The number of fused-ring (bicyclic) bond motifs is 2.